The Kier molecular flexibility index (Phi) is 5.28. The Hall–Kier alpha value is -1.06. The van der Waals surface area contributed by atoms with Crippen LogP contribution in [-0.4, -0.2) is 22.6 Å². The molecule has 0 spiro atoms. The van der Waals surface area contributed by atoms with Crippen molar-refractivity contribution in [2.24, 2.45) is 17.8 Å². The van der Waals surface area contributed by atoms with Gasteiger partial charge in [-0.3, -0.25) is 9.59 Å². The molecule has 0 bridgehead atoms. The lowest BCUT2D eigenvalue weighted by Crippen LogP contribution is -2.45. The number of hydrogen-bond acceptors (Lipinski definition) is 3. The van der Waals surface area contributed by atoms with Gasteiger partial charge in [-0.1, -0.05) is 33.1 Å². The number of carboxylic acid groups (broad SMARTS) is 1. The van der Waals surface area contributed by atoms with Gasteiger partial charge in [-0.15, -0.1) is 0 Å². The van der Waals surface area contributed by atoms with Crippen molar-refractivity contribution < 1.29 is 19.4 Å². The zero-order valence-electron chi connectivity index (χ0n) is 13.3. The van der Waals surface area contributed by atoms with Crippen molar-refractivity contribution in [2.45, 2.75) is 77.2 Å². The van der Waals surface area contributed by atoms with Gasteiger partial charge < -0.3 is 9.84 Å². The van der Waals surface area contributed by atoms with E-state index in [2.05, 4.69) is 13.8 Å². The first-order valence-electron chi connectivity index (χ1n) is 8.42. The van der Waals surface area contributed by atoms with Crippen LogP contribution in [0.4, 0.5) is 0 Å². The van der Waals surface area contributed by atoms with Crippen molar-refractivity contribution in [1.29, 1.82) is 0 Å². The number of esters is 1. The second-order valence-corrected chi connectivity index (χ2v) is 7.04. The molecule has 2 fully saturated rings. The Balaban J connectivity index is 2.08. The molecular weight excluding hydrogens is 268 g/mol. The highest BCUT2D eigenvalue weighted by Crippen LogP contribution is 2.40. The Morgan fingerprint density at radius 1 is 1.00 bits per heavy atom. The summed E-state index contributed by atoms with van der Waals surface area (Å²) in [5, 5.41) is 9.33. The normalized spacial score (nSPS) is 29.1. The summed E-state index contributed by atoms with van der Waals surface area (Å²) in [5.74, 6) is -1.84. The summed E-state index contributed by atoms with van der Waals surface area (Å²) < 4.78 is 5.96. The van der Waals surface area contributed by atoms with E-state index in [-0.39, 0.29) is 17.5 Å². The average molecular weight is 296 g/mol. The zero-order chi connectivity index (χ0) is 15.5. The van der Waals surface area contributed by atoms with Crippen LogP contribution >= 0.6 is 0 Å². The van der Waals surface area contributed by atoms with Gasteiger partial charge in [0.2, 0.25) is 0 Å². The van der Waals surface area contributed by atoms with Crippen molar-refractivity contribution in [3.05, 3.63) is 0 Å². The molecule has 0 aromatic heterocycles. The van der Waals surface area contributed by atoms with Crippen LogP contribution in [0, 0.1) is 17.8 Å². The largest absolute Gasteiger partial charge is 0.481 e. The van der Waals surface area contributed by atoms with E-state index >= 15 is 0 Å². The van der Waals surface area contributed by atoms with Gasteiger partial charge in [-0.25, -0.2) is 0 Å². The number of aliphatic carboxylic acids is 1. The molecule has 4 heteroatoms. The monoisotopic (exact) mass is 296 g/mol. The van der Waals surface area contributed by atoms with Crippen molar-refractivity contribution in [3.63, 3.8) is 0 Å². The molecule has 0 aromatic carbocycles. The standard InChI is InChI=1S/C17H28O4/c1-12(2)17(10-6-3-7-11-17)21-16(20)14-9-5-4-8-13(14)15(18)19/h12-14H,3-11H2,1-2H3,(H,18,19). The summed E-state index contributed by atoms with van der Waals surface area (Å²) in [6.07, 6.45) is 8.31. The minimum atomic E-state index is -0.848. The third kappa shape index (κ3) is 3.58. The molecule has 120 valence electrons. The molecule has 2 atom stereocenters. The fraction of sp³-hybridized carbons (Fsp3) is 0.882. The first-order chi connectivity index (χ1) is 9.96. The Labute approximate surface area is 127 Å². The topological polar surface area (TPSA) is 63.6 Å². The molecule has 0 saturated heterocycles. The van der Waals surface area contributed by atoms with Gasteiger partial charge in [-0.2, -0.15) is 0 Å². The Morgan fingerprint density at radius 2 is 1.57 bits per heavy atom. The number of hydrogen-bond donors (Lipinski definition) is 1. The molecule has 2 rings (SSSR count). The summed E-state index contributed by atoms with van der Waals surface area (Å²) in [5.41, 5.74) is -0.365. The third-order valence-electron chi connectivity index (χ3n) is 5.44. The molecule has 0 heterocycles. The minimum Gasteiger partial charge on any atom is -0.481 e. The summed E-state index contributed by atoms with van der Waals surface area (Å²) in [4.78, 5) is 24.0. The van der Waals surface area contributed by atoms with Crippen molar-refractivity contribution in [1.82, 2.24) is 0 Å². The van der Waals surface area contributed by atoms with Gasteiger partial charge in [0.25, 0.3) is 0 Å². The van der Waals surface area contributed by atoms with Crippen LogP contribution < -0.4 is 0 Å². The predicted octanol–water partition coefficient (Wildman–Crippen LogP) is 3.78. The second kappa shape index (κ2) is 6.80. The van der Waals surface area contributed by atoms with E-state index in [9.17, 15) is 14.7 Å². The first-order valence-corrected chi connectivity index (χ1v) is 8.42. The van der Waals surface area contributed by atoms with E-state index in [1.807, 2.05) is 0 Å². The molecule has 2 unspecified atom stereocenters. The van der Waals surface area contributed by atoms with E-state index < -0.39 is 17.8 Å². The minimum absolute atomic E-state index is 0.266. The van der Waals surface area contributed by atoms with Crippen molar-refractivity contribution in [3.8, 4) is 0 Å². The molecule has 0 aliphatic heterocycles. The maximum absolute atomic E-state index is 12.6. The van der Waals surface area contributed by atoms with Gasteiger partial charge in [0, 0.05) is 0 Å². The quantitative estimate of drug-likeness (QED) is 0.802. The fourth-order valence-corrected chi connectivity index (χ4v) is 3.93. The number of carbonyl (C=O) groups excluding carboxylic acids is 1. The summed E-state index contributed by atoms with van der Waals surface area (Å²) >= 11 is 0. The summed E-state index contributed by atoms with van der Waals surface area (Å²) in [6, 6.07) is 0. The van der Waals surface area contributed by atoms with Crippen LogP contribution in [0.25, 0.3) is 0 Å². The third-order valence-corrected chi connectivity index (χ3v) is 5.44. The van der Waals surface area contributed by atoms with Crippen molar-refractivity contribution >= 4 is 11.9 Å². The smallest absolute Gasteiger partial charge is 0.310 e. The number of carboxylic acids is 1. The molecule has 4 nitrogen and oxygen atoms in total. The predicted molar refractivity (Wildman–Crippen MR) is 79.8 cm³/mol. The van der Waals surface area contributed by atoms with Crippen LogP contribution in [0.15, 0.2) is 0 Å². The van der Waals surface area contributed by atoms with Gasteiger partial charge in [0.1, 0.15) is 5.60 Å². The number of carbonyl (C=O) groups is 2. The maximum atomic E-state index is 12.6. The van der Waals surface area contributed by atoms with E-state index in [4.69, 9.17) is 4.74 Å². The number of rotatable bonds is 4. The highest BCUT2D eigenvalue weighted by molar-refractivity contribution is 5.81. The summed E-state index contributed by atoms with van der Waals surface area (Å²) in [6.45, 7) is 4.21. The molecule has 2 aliphatic carbocycles. The van der Waals surface area contributed by atoms with Crippen molar-refractivity contribution in [2.75, 3.05) is 0 Å². The molecule has 2 saturated carbocycles. The van der Waals surface area contributed by atoms with Gasteiger partial charge in [0.15, 0.2) is 0 Å². The molecule has 0 radical (unpaired) electrons. The lowest BCUT2D eigenvalue weighted by molar-refractivity contribution is -0.180. The van der Waals surface area contributed by atoms with E-state index in [1.54, 1.807) is 0 Å². The van der Waals surface area contributed by atoms with Gasteiger partial charge >= 0.3 is 11.9 Å². The van der Waals surface area contributed by atoms with E-state index in [0.29, 0.717) is 12.8 Å². The van der Waals surface area contributed by atoms with Crippen LogP contribution in [0.1, 0.15) is 71.6 Å². The van der Waals surface area contributed by atoms with E-state index in [0.717, 1.165) is 38.5 Å². The molecule has 21 heavy (non-hydrogen) atoms. The molecular formula is C17H28O4. The molecule has 0 amide bonds. The number of ether oxygens (including phenoxy) is 1. The second-order valence-electron chi connectivity index (χ2n) is 7.04. The maximum Gasteiger partial charge on any atom is 0.310 e. The van der Waals surface area contributed by atoms with Crippen LogP contribution in [-0.2, 0) is 14.3 Å². The lowest BCUT2D eigenvalue weighted by atomic mass is 9.76. The van der Waals surface area contributed by atoms with Gasteiger partial charge in [0.05, 0.1) is 11.8 Å². The van der Waals surface area contributed by atoms with Crippen LogP contribution in [0.5, 0.6) is 0 Å². The summed E-state index contributed by atoms with van der Waals surface area (Å²) in [7, 11) is 0. The lowest BCUT2D eigenvalue weighted by Gasteiger charge is -2.41. The highest BCUT2D eigenvalue weighted by Gasteiger charge is 2.43. The first kappa shape index (κ1) is 16.3. The highest BCUT2D eigenvalue weighted by atomic mass is 16.6. The Bertz CT molecular complexity index is 382. The SMILES string of the molecule is CC(C)C1(OC(=O)C2CCCCC2C(=O)O)CCCCC1. The average Bonchev–Trinajstić information content (AvgIpc) is 2.48. The molecule has 0 aromatic rings. The fourth-order valence-electron chi connectivity index (χ4n) is 3.93. The van der Waals surface area contributed by atoms with Crippen LogP contribution in [0.2, 0.25) is 0 Å². The Morgan fingerprint density at radius 3 is 2.10 bits per heavy atom. The zero-order valence-corrected chi connectivity index (χ0v) is 13.3. The molecule has 2 aliphatic rings. The van der Waals surface area contributed by atoms with Crippen LogP contribution in [0.3, 0.4) is 0 Å². The molecule has 1 N–H and O–H groups in total. The van der Waals surface area contributed by atoms with Gasteiger partial charge in [-0.05, 0) is 44.4 Å². The van der Waals surface area contributed by atoms with E-state index in [1.165, 1.54) is 6.42 Å².